The Bertz CT molecular complexity index is 737. The lowest BCUT2D eigenvalue weighted by Crippen LogP contribution is -2.14. The molecule has 0 radical (unpaired) electrons. The first-order valence-corrected chi connectivity index (χ1v) is 7.75. The lowest BCUT2D eigenvalue weighted by atomic mass is 9.96. The SMILES string of the molecule is COC(=O)C(C)c1ccc2cc(SC(F)F)ccc2c1OC(F)F. The van der Waals surface area contributed by atoms with Crippen LogP contribution in [0.2, 0.25) is 0 Å². The standard InChI is InChI=1S/C16H14F4O3S/c1-8(14(21)22-2)11-5-3-9-7-10(24-16(19)20)4-6-12(9)13(11)23-15(17)18/h3-8,15-16H,1-2H3. The molecular weight excluding hydrogens is 348 g/mol. The van der Waals surface area contributed by atoms with Gasteiger partial charge in [-0.3, -0.25) is 4.79 Å². The molecule has 0 aliphatic rings. The van der Waals surface area contributed by atoms with Gasteiger partial charge in [-0.25, -0.2) is 0 Å². The number of carbonyl (C=O) groups excluding carboxylic acids is 1. The van der Waals surface area contributed by atoms with Crippen molar-refractivity contribution in [1.82, 2.24) is 0 Å². The Morgan fingerprint density at radius 1 is 1.12 bits per heavy atom. The highest BCUT2D eigenvalue weighted by molar-refractivity contribution is 7.99. The van der Waals surface area contributed by atoms with Crippen molar-refractivity contribution < 1.29 is 31.8 Å². The number of hydrogen-bond donors (Lipinski definition) is 0. The Hall–Kier alpha value is -1.96. The molecule has 0 amide bonds. The Kier molecular flexibility index (Phi) is 5.93. The van der Waals surface area contributed by atoms with Crippen LogP contribution in [0.1, 0.15) is 18.4 Å². The lowest BCUT2D eigenvalue weighted by molar-refractivity contribution is -0.142. The van der Waals surface area contributed by atoms with Gasteiger partial charge in [-0.1, -0.05) is 23.9 Å². The third kappa shape index (κ3) is 4.11. The highest BCUT2D eigenvalue weighted by atomic mass is 32.2. The minimum atomic E-state index is -3.09. The van der Waals surface area contributed by atoms with Gasteiger partial charge in [0.1, 0.15) is 5.75 Å². The highest BCUT2D eigenvalue weighted by Gasteiger charge is 2.23. The fourth-order valence-electron chi connectivity index (χ4n) is 2.34. The maximum Gasteiger partial charge on any atom is 0.387 e. The summed E-state index contributed by atoms with van der Waals surface area (Å²) in [6.07, 6.45) is 0. The summed E-state index contributed by atoms with van der Waals surface area (Å²) in [6, 6.07) is 7.29. The number of fused-ring (bicyclic) bond motifs is 1. The zero-order valence-electron chi connectivity index (χ0n) is 12.8. The number of ether oxygens (including phenoxy) is 2. The Labute approximate surface area is 139 Å². The van der Waals surface area contributed by atoms with Crippen LogP contribution in [0.5, 0.6) is 5.75 Å². The maximum atomic E-state index is 12.8. The second-order valence-corrected chi connectivity index (χ2v) is 5.93. The van der Waals surface area contributed by atoms with Gasteiger partial charge in [0.05, 0.1) is 13.0 Å². The van der Waals surface area contributed by atoms with Gasteiger partial charge >= 0.3 is 12.6 Å². The van der Waals surface area contributed by atoms with Gasteiger partial charge in [-0.05, 0) is 30.5 Å². The van der Waals surface area contributed by atoms with Gasteiger partial charge in [-0.15, -0.1) is 0 Å². The minimum Gasteiger partial charge on any atom is -0.469 e. The Morgan fingerprint density at radius 3 is 2.42 bits per heavy atom. The molecule has 130 valence electrons. The maximum absolute atomic E-state index is 12.8. The number of alkyl halides is 4. The van der Waals surface area contributed by atoms with E-state index in [1.54, 1.807) is 6.07 Å². The van der Waals surface area contributed by atoms with Crippen LogP contribution < -0.4 is 4.74 Å². The first-order chi connectivity index (χ1) is 11.3. The second-order valence-electron chi connectivity index (χ2n) is 4.87. The van der Waals surface area contributed by atoms with Crippen LogP contribution in [0, 0.1) is 0 Å². The molecule has 0 aliphatic heterocycles. The van der Waals surface area contributed by atoms with Crippen molar-refractivity contribution in [2.45, 2.75) is 30.1 Å². The Morgan fingerprint density at radius 2 is 1.83 bits per heavy atom. The first kappa shape index (κ1) is 18.4. The number of hydrogen-bond acceptors (Lipinski definition) is 4. The van der Waals surface area contributed by atoms with Gasteiger partial charge in [-0.2, -0.15) is 17.6 Å². The van der Waals surface area contributed by atoms with Crippen LogP contribution in [0.25, 0.3) is 10.8 Å². The predicted molar refractivity (Wildman–Crippen MR) is 82.9 cm³/mol. The molecular formula is C16H14F4O3S. The molecule has 24 heavy (non-hydrogen) atoms. The van der Waals surface area contributed by atoms with Gasteiger partial charge < -0.3 is 9.47 Å². The number of halogens is 4. The number of thioether (sulfide) groups is 1. The largest absolute Gasteiger partial charge is 0.469 e. The summed E-state index contributed by atoms with van der Waals surface area (Å²) in [7, 11) is 1.20. The summed E-state index contributed by atoms with van der Waals surface area (Å²) in [4.78, 5) is 12.0. The molecule has 0 spiro atoms. The zero-order valence-corrected chi connectivity index (χ0v) is 13.6. The summed E-state index contributed by atoms with van der Waals surface area (Å²) in [6.45, 7) is -1.58. The van der Waals surface area contributed by atoms with E-state index in [1.165, 1.54) is 38.3 Å². The van der Waals surface area contributed by atoms with Crippen LogP contribution in [0.4, 0.5) is 17.6 Å². The summed E-state index contributed by atoms with van der Waals surface area (Å²) in [5.74, 6) is -4.16. The quantitative estimate of drug-likeness (QED) is 0.410. The molecule has 0 fully saturated rings. The Balaban J connectivity index is 2.57. The van der Waals surface area contributed by atoms with Gasteiger partial charge in [0, 0.05) is 15.8 Å². The molecule has 2 aromatic carbocycles. The van der Waals surface area contributed by atoms with E-state index in [-0.39, 0.29) is 11.3 Å². The molecule has 0 aliphatic carbocycles. The monoisotopic (exact) mass is 362 g/mol. The minimum absolute atomic E-state index is 0.158. The van der Waals surface area contributed by atoms with Gasteiger partial charge in [0.15, 0.2) is 0 Å². The molecule has 0 heterocycles. The van der Waals surface area contributed by atoms with E-state index in [1.807, 2.05) is 0 Å². The van der Waals surface area contributed by atoms with E-state index in [4.69, 9.17) is 0 Å². The third-order valence-corrected chi connectivity index (χ3v) is 4.13. The van der Waals surface area contributed by atoms with Crippen molar-refractivity contribution in [3.8, 4) is 5.75 Å². The molecule has 0 aromatic heterocycles. The highest BCUT2D eigenvalue weighted by Crippen LogP contribution is 2.38. The van der Waals surface area contributed by atoms with Crippen LogP contribution in [0.15, 0.2) is 35.2 Å². The number of esters is 1. The van der Waals surface area contributed by atoms with E-state index in [0.29, 0.717) is 27.4 Å². The summed E-state index contributed by atoms with van der Waals surface area (Å²) in [5, 5.41) is 0.763. The van der Waals surface area contributed by atoms with Crippen molar-refractivity contribution in [2.24, 2.45) is 0 Å². The number of methoxy groups -OCH3 is 1. The molecule has 0 bridgehead atoms. The van der Waals surface area contributed by atoms with Crippen LogP contribution in [0.3, 0.4) is 0 Å². The second kappa shape index (κ2) is 7.74. The lowest BCUT2D eigenvalue weighted by Gasteiger charge is -2.17. The van der Waals surface area contributed by atoms with Crippen LogP contribution in [-0.4, -0.2) is 25.4 Å². The predicted octanol–water partition coefficient (Wildman–Crippen LogP) is 5.03. The van der Waals surface area contributed by atoms with Crippen molar-refractivity contribution >= 4 is 28.5 Å². The van der Waals surface area contributed by atoms with E-state index in [0.717, 1.165) is 0 Å². The van der Waals surface area contributed by atoms with Crippen LogP contribution >= 0.6 is 11.8 Å². The van der Waals surface area contributed by atoms with Crippen molar-refractivity contribution in [3.63, 3.8) is 0 Å². The van der Waals surface area contributed by atoms with Crippen molar-refractivity contribution in [3.05, 3.63) is 35.9 Å². The fraction of sp³-hybridized carbons (Fsp3) is 0.312. The van der Waals surface area contributed by atoms with E-state index < -0.39 is 24.3 Å². The van der Waals surface area contributed by atoms with Crippen molar-refractivity contribution in [1.29, 1.82) is 0 Å². The summed E-state index contributed by atoms with van der Waals surface area (Å²) < 4.78 is 59.7. The first-order valence-electron chi connectivity index (χ1n) is 6.87. The molecule has 8 heteroatoms. The summed E-state index contributed by atoms with van der Waals surface area (Å²) in [5.41, 5.74) is 0.240. The molecule has 0 N–H and O–H groups in total. The number of carbonyl (C=O) groups is 1. The fourth-order valence-corrected chi connectivity index (χ4v) is 2.89. The number of benzene rings is 2. The average molecular weight is 362 g/mol. The molecule has 0 saturated heterocycles. The van der Waals surface area contributed by atoms with Gasteiger partial charge in [0.25, 0.3) is 5.76 Å². The van der Waals surface area contributed by atoms with Crippen molar-refractivity contribution in [2.75, 3.05) is 7.11 Å². The molecule has 1 unspecified atom stereocenters. The smallest absolute Gasteiger partial charge is 0.387 e. The summed E-state index contributed by atoms with van der Waals surface area (Å²) >= 11 is 0.356. The normalized spacial score (nSPS) is 12.7. The van der Waals surface area contributed by atoms with E-state index in [9.17, 15) is 22.4 Å². The molecule has 2 rings (SSSR count). The van der Waals surface area contributed by atoms with Crippen LogP contribution in [-0.2, 0) is 9.53 Å². The topological polar surface area (TPSA) is 35.5 Å². The molecule has 3 nitrogen and oxygen atoms in total. The number of rotatable bonds is 6. The third-order valence-electron chi connectivity index (χ3n) is 3.43. The van der Waals surface area contributed by atoms with E-state index >= 15 is 0 Å². The average Bonchev–Trinajstić information content (AvgIpc) is 2.52. The molecule has 0 saturated carbocycles. The van der Waals surface area contributed by atoms with E-state index in [2.05, 4.69) is 9.47 Å². The molecule has 2 aromatic rings. The van der Waals surface area contributed by atoms with Gasteiger partial charge in [0.2, 0.25) is 0 Å². The molecule has 1 atom stereocenters. The zero-order chi connectivity index (χ0) is 17.9.